The molecule has 0 bridgehead atoms. The number of thioether (sulfide) groups is 1. The third-order valence-electron chi connectivity index (χ3n) is 5.41. The van der Waals surface area contributed by atoms with Gasteiger partial charge in [-0.2, -0.15) is 0 Å². The Bertz CT molecular complexity index is 1020. The molecule has 1 heterocycles. The van der Waals surface area contributed by atoms with Crippen LogP contribution in [0.1, 0.15) is 30.0 Å². The molecular formula is C26H26N2O2S. The Morgan fingerprint density at radius 1 is 0.935 bits per heavy atom. The van der Waals surface area contributed by atoms with E-state index in [0.29, 0.717) is 25.1 Å². The number of nitrogens with zero attached hydrogens (tertiary/aromatic N) is 1. The minimum atomic E-state index is -0.0788. The van der Waals surface area contributed by atoms with Crippen LogP contribution >= 0.6 is 11.8 Å². The van der Waals surface area contributed by atoms with Crippen molar-refractivity contribution in [1.29, 1.82) is 0 Å². The summed E-state index contributed by atoms with van der Waals surface area (Å²) < 4.78 is 0. The molecule has 3 aromatic rings. The number of hydrogen-bond donors (Lipinski definition) is 1. The van der Waals surface area contributed by atoms with Gasteiger partial charge in [-0.15, -0.1) is 11.8 Å². The van der Waals surface area contributed by atoms with Gasteiger partial charge in [-0.1, -0.05) is 72.8 Å². The minimum Gasteiger partial charge on any atom is -0.349 e. The molecule has 0 saturated heterocycles. The lowest BCUT2D eigenvalue weighted by Crippen LogP contribution is -2.37. The number of para-hydroxylation sites is 1. The van der Waals surface area contributed by atoms with Gasteiger partial charge in [-0.25, -0.2) is 0 Å². The van der Waals surface area contributed by atoms with E-state index < -0.39 is 0 Å². The molecule has 1 atom stereocenters. The summed E-state index contributed by atoms with van der Waals surface area (Å²) in [5.41, 5.74) is 3.23. The van der Waals surface area contributed by atoms with Crippen molar-refractivity contribution < 1.29 is 9.59 Å². The SMILES string of the molecule is O=C(CCCN1C(=O)CSc2ccccc21)NC(Cc1ccccc1)c1ccccc1. The molecule has 1 unspecified atom stereocenters. The monoisotopic (exact) mass is 430 g/mol. The summed E-state index contributed by atoms with van der Waals surface area (Å²) in [6.45, 7) is 0.554. The topological polar surface area (TPSA) is 49.4 Å². The Morgan fingerprint density at radius 3 is 2.39 bits per heavy atom. The Hall–Kier alpha value is -3.05. The minimum absolute atomic E-state index is 0.0110. The van der Waals surface area contributed by atoms with E-state index in [1.54, 1.807) is 11.8 Å². The van der Waals surface area contributed by atoms with Gasteiger partial charge in [0, 0.05) is 17.9 Å². The third kappa shape index (κ3) is 5.56. The molecule has 0 aromatic heterocycles. The van der Waals surface area contributed by atoms with Crippen molar-refractivity contribution in [2.75, 3.05) is 17.2 Å². The predicted octanol–water partition coefficient (Wildman–Crippen LogP) is 5.01. The lowest BCUT2D eigenvalue weighted by Gasteiger charge is -2.29. The zero-order valence-corrected chi connectivity index (χ0v) is 18.2. The van der Waals surface area contributed by atoms with Crippen molar-refractivity contribution in [3.8, 4) is 0 Å². The second-order valence-corrected chi connectivity index (χ2v) is 8.64. The summed E-state index contributed by atoms with van der Waals surface area (Å²) >= 11 is 1.58. The maximum atomic E-state index is 12.8. The Balaban J connectivity index is 1.37. The van der Waals surface area contributed by atoms with E-state index in [9.17, 15) is 9.59 Å². The quantitative estimate of drug-likeness (QED) is 0.547. The molecule has 4 nitrogen and oxygen atoms in total. The highest BCUT2D eigenvalue weighted by Gasteiger charge is 2.24. The molecule has 1 aliphatic heterocycles. The number of hydrogen-bond acceptors (Lipinski definition) is 3. The van der Waals surface area contributed by atoms with Crippen molar-refractivity contribution >= 4 is 29.3 Å². The molecule has 4 rings (SSSR count). The Morgan fingerprint density at radius 2 is 1.61 bits per heavy atom. The van der Waals surface area contributed by atoms with Gasteiger partial charge in [-0.3, -0.25) is 9.59 Å². The number of carbonyl (C=O) groups excluding carboxylic acids is 2. The highest BCUT2D eigenvalue weighted by atomic mass is 32.2. The summed E-state index contributed by atoms with van der Waals surface area (Å²) in [6, 6.07) is 28.2. The Labute approximate surface area is 187 Å². The first-order valence-electron chi connectivity index (χ1n) is 10.6. The largest absolute Gasteiger partial charge is 0.349 e. The third-order valence-corrected chi connectivity index (χ3v) is 6.46. The molecule has 1 N–H and O–H groups in total. The summed E-state index contributed by atoms with van der Waals surface area (Å²) in [4.78, 5) is 28.1. The number of fused-ring (bicyclic) bond motifs is 1. The van der Waals surface area contributed by atoms with E-state index in [0.717, 1.165) is 22.6 Å². The maximum absolute atomic E-state index is 12.8. The van der Waals surface area contributed by atoms with Gasteiger partial charge in [0.1, 0.15) is 0 Å². The van der Waals surface area contributed by atoms with Crippen LogP contribution in [0, 0.1) is 0 Å². The van der Waals surface area contributed by atoms with Crippen LogP contribution in [-0.4, -0.2) is 24.1 Å². The molecule has 0 fully saturated rings. The maximum Gasteiger partial charge on any atom is 0.237 e. The first-order chi connectivity index (χ1) is 15.2. The molecule has 5 heteroatoms. The van der Waals surface area contributed by atoms with E-state index in [2.05, 4.69) is 29.6 Å². The van der Waals surface area contributed by atoms with Crippen molar-refractivity contribution in [3.63, 3.8) is 0 Å². The number of rotatable bonds is 8. The zero-order valence-electron chi connectivity index (χ0n) is 17.4. The van der Waals surface area contributed by atoms with Crippen molar-refractivity contribution in [1.82, 2.24) is 5.32 Å². The molecule has 0 spiro atoms. The van der Waals surface area contributed by atoms with E-state index in [1.165, 1.54) is 5.56 Å². The van der Waals surface area contributed by atoms with Gasteiger partial charge in [0.2, 0.25) is 11.8 Å². The van der Waals surface area contributed by atoms with Crippen LogP contribution in [0.3, 0.4) is 0 Å². The molecular weight excluding hydrogens is 404 g/mol. The second kappa shape index (κ2) is 10.3. The van der Waals surface area contributed by atoms with Crippen LogP contribution in [0.5, 0.6) is 0 Å². The molecule has 0 saturated carbocycles. The van der Waals surface area contributed by atoms with Gasteiger partial charge in [0.25, 0.3) is 0 Å². The smallest absolute Gasteiger partial charge is 0.237 e. The lowest BCUT2D eigenvalue weighted by molar-refractivity contribution is -0.122. The van der Waals surface area contributed by atoms with Crippen LogP contribution in [-0.2, 0) is 16.0 Å². The lowest BCUT2D eigenvalue weighted by atomic mass is 9.98. The van der Waals surface area contributed by atoms with Crippen molar-refractivity contribution in [2.24, 2.45) is 0 Å². The molecule has 0 radical (unpaired) electrons. The summed E-state index contributed by atoms with van der Waals surface area (Å²) in [5.74, 6) is 0.573. The van der Waals surface area contributed by atoms with Gasteiger partial charge in [-0.05, 0) is 36.1 Å². The molecule has 31 heavy (non-hydrogen) atoms. The predicted molar refractivity (Wildman–Crippen MR) is 126 cm³/mol. The zero-order chi connectivity index (χ0) is 21.5. The number of anilines is 1. The normalized spacial score (nSPS) is 14.1. The second-order valence-electron chi connectivity index (χ2n) is 7.63. The highest BCUT2D eigenvalue weighted by Crippen LogP contribution is 2.35. The van der Waals surface area contributed by atoms with Crippen molar-refractivity contribution in [3.05, 3.63) is 96.1 Å². The van der Waals surface area contributed by atoms with Crippen LogP contribution in [0.2, 0.25) is 0 Å². The van der Waals surface area contributed by atoms with Crippen LogP contribution in [0.4, 0.5) is 5.69 Å². The van der Waals surface area contributed by atoms with E-state index in [4.69, 9.17) is 0 Å². The van der Waals surface area contributed by atoms with Crippen molar-refractivity contribution in [2.45, 2.75) is 30.2 Å². The fourth-order valence-electron chi connectivity index (χ4n) is 3.85. The van der Waals surface area contributed by atoms with E-state index in [-0.39, 0.29) is 17.9 Å². The molecule has 2 amide bonds. The highest BCUT2D eigenvalue weighted by molar-refractivity contribution is 8.00. The average Bonchev–Trinajstić information content (AvgIpc) is 2.81. The standard InChI is InChI=1S/C26H26N2O2S/c29-25(16-9-17-28-23-14-7-8-15-24(23)31-19-26(28)30)27-22(21-12-5-2-6-13-21)18-20-10-3-1-4-11-20/h1-8,10-15,22H,9,16-19H2,(H,27,29). The van der Waals surface area contributed by atoms with Gasteiger partial charge < -0.3 is 10.2 Å². The van der Waals surface area contributed by atoms with Crippen LogP contribution in [0.25, 0.3) is 0 Å². The Kier molecular flexibility index (Phi) is 7.05. The number of nitrogens with one attached hydrogen (secondary N) is 1. The van der Waals surface area contributed by atoms with Gasteiger partial charge in [0.05, 0.1) is 17.5 Å². The molecule has 0 aliphatic carbocycles. The number of carbonyl (C=O) groups is 2. The van der Waals surface area contributed by atoms with Gasteiger partial charge >= 0.3 is 0 Å². The fourth-order valence-corrected chi connectivity index (χ4v) is 4.79. The van der Waals surface area contributed by atoms with Gasteiger partial charge in [0.15, 0.2) is 0 Å². The molecule has 3 aromatic carbocycles. The van der Waals surface area contributed by atoms with Crippen LogP contribution < -0.4 is 10.2 Å². The van der Waals surface area contributed by atoms with E-state index >= 15 is 0 Å². The fraction of sp³-hybridized carbons (Fsp3) is 0.231. The summed E-state index contributed by atoms with van der Waals surface area (Å²) in [6.07, 6.45) is 1.76. The average molecular weight is 431 g/mol. The summed E-state index contributed by atoms with van der Waals surface area (Å²) in [7, 11) is 0. The number of benzene rings is 3. The summed E-state index contributed by atoms with van der Waals surface area (Å²) in [5, 5.41) is 3.20. The number of amides is 2. The first kappa shape index (κ1) is 21.2. The first-order valence-corrected chi connectivity index (χ1v) is 11.6. The van der Waals surface area contributed by atoms with Crippen LogP contribution in [0.15, 0.2) is 89.8 Å². The molecule has 158 valence electrons. The van der Waals surface area contributed by atoms with E-state index in [1.807, 2.05) is 65.6 Å². The molecule has 1 aliphatic rings.